The van der Waals surface area contributed by atoms with Crippen LogP contribution in [0.4, 0.5) is 0 Å². The van der Waals surface area contributed by atoms with Gasteiger partial charge in [-0.1, -0.05) is 13.8 Å². The van der Waals surface area contributed by atoms with Gasteiger partial charge < -0.3 is 9.73 Å². The van der Waals surface area contributed by atoms with E-state index in [1.807, 2.05) is 6.20 Å². The van der Waals surface area contributed by atoms with E-state index in [2.05, 4.69) is 43.2 Å². The quantitative estimate of drug-likeness (QED) is 0.885. The highest BCUT2D eigenvalue weighted by Crippen LogP contribution is 2.28. The first-order valence-electron chi connectivity index (χ1n) is 5.90. The van der Waals surface area contributed by atoms with Crippen molar-refractivity contribution in [3.8, 4) is 10.6 Å². The van der Waals surface area contributed by atoms with Gasteiger partial charge in [-0.2, -0.15) is 0 Å². The number of nitrogens with zero attached hydrogens (tertiary/aromatic N) is 1. The Morgan fingerprint density at radius 2 is 2.24 bits per heavy atom. The van der Waals surface area contributed by atoms with E-state index >= 15 is 0 Å². The highest BCUT2D eigenvalue weighted by atomic mass is 32.1. The molecule has 0 saturated carbocycles. The lowest BCUT2D eigenvalue weighted by atomic mass is 10.3. The Hall–Kier alpha value is -1.13. The van der Waals surface area contributed by atoms with Crippen molar-refractivity contribution in [1.29, 1.82) is 0 Å². The summed E-state index contributed by atoms with van der Waals surface area (Å²) < 4.78 is 5.72. The molecule has 4 heteroatoms. The predicted octanol–water partition coefficient (Wildman–Crippen LogP) is 3.25. The molecule has 92 valence electrons. The maximum absolute atomic E-state index is 5.72. The van der Waals surface area contributed by atoms with E-state index in [-0.39, 0.29) is 0 Å². The average Bonchev–Trinajstić information content (AvgIpc) is 2.86. The minimum atomic E-state index is 0.504. The van der Waals surface area contributed by atoms with E-state index in [1.54, 1.807) is 11.3 Å². The van der Waals surface area contributed by atoms with Crippen molar-refractivity contribution in [3.63, 3.8) is 0 Å². The molecule has 0 atom stereocenters. The molecule has 0 aliphatic carbocycles. The lowest BCUT2D eigenvalue weighted by Crippen LogP contribution is -2.24. The van der Waals surface area contributed by atoms with Crippen LogP contribution >= 0.6 is 11.3 Å². The molecule has 0 radical (unpaired) electrons. The highest BCUT2D eigenvalue weighted by molar-refractivity contribution is 7.15. The van der Waals surface area contributed by atoms with E-state index in [0.717, 1.165) is 29.5 Å². The molecule has 1 N–H and O–H groups in total. The average molecular weight is 250 g/mol. The molecule has 2 rings (SSSR count). The first-order valence-corrected chi connectivity index (χ1v) is 6.71. The molecule has 3 nitrogen and oxygen atoms in total. The zero-order valence-corrected chi connectivity index (χ0v) is 11.3. The van der Waals surface area contributed by atoms with Gasteiger partial charge in [-0.3, -0.25) is 0 Å². The molecule has 0 aliphatic rings. The third-order valence-corrected chi connectivity index (χ3v) is 3.44. The lowest BCUT2D eigenvalue weighted by molar-refractivity contribution is 0.485. The third kappa shape index (κ3) is 3.41. The maximum Gasteiger partial charge on any atom is 0.196 e. The summed E-state index contributed by atoms with van der Waals surface area (Å²) in [4.78, 5) is 6.74. The fourth-order valence-corrected chi connectivity index (χ4v) is 2.39. The zero-order valence-electron chi connectivity index (χ0n) is 10.5. The zero-order chi connectivity index (χ0) is 12.3. The predicted molar refractivity (Wildman–Crippen MR) is 71.4 cm³/mol. The van der Waals surface area contributed by atoms with Gasteiger partial charge >= 0.3 is 0 Å². The van der Waals surface area contributed by atoms with Gasteiger partial charge in [0.1, 0.15) is 0 Å². The SMILES string of the molecule is Cc1ccc(-c2cnc(CCNC(C)C)o2)s1. The van der Waals surface area contributed by atoms with E-state index in [4.69, 9.17) is 4.42 Å². The summed E-state index contributed by atoms with van der Waals surface area (Å²) in [5, 5.41) is 3.35. The molecule has 0 bridgehead atoms. The van der Waals surface area contributed by atoms with Crippen LogP contribution in [0.3, 0.4) is 0 Å². The van der Waals surface area contributed by atoms with Crippen molar-refractivity contribution in [2.24, 2.45) is 0 Å². The summed E-state index contributed by atoms with van der Waals surface area (Å²) in [6, 6.07) is 4.68. The third-order valence-electron chi connectivity index (χ3n) is 2.43. The van der Waals surface area contributed by atoms with Crippen LogP contribution in [-0.4, -0.2) is 17.6 Å². The standard InChI is InChI=1S/C13H18N2OS/c1-9(2)14-7-6-13-15-8-11(16-13)12-5-4-10(3)17-12/h4-5,8-9,14H,6-7H2,1-3H3. The van der Waals surface area contributed by atoms with Gasteiger partial charge in [0.2, 0.25) is 0 Å². The molecule has 0 aromatic carbocycles. The highest BCUT2D eigenvalue weighted by Gasteiger charge is 2.08. The van der Waals surface area contributed by atoms with Crippen LogP contribution in [0.5, 0.6) is 0 Å². The van der Waals surface area contributed by atoms with Crippen LogP contribution in [0.25, 0.3) is 10.6 Å². The summed E-state index contributed by atoms with van der Waals surface area (Å²) in [5.74, 6) is 1.68. The largest absolute Gasteiger partial charge is 0.440 e. The Bertz CT molecular complexity index is 473. The van der Waals surface area contributed by atoms with Crippen LogP contribution in [0.1, 0.15) is 24.6 Å². The number of aryl methyl sites for hydroxylation is 1. The van der Waals surface area contributed by atoms with Crippen molar-refractivity contribution in [2.45, 2.75) is 33.2 Å². The molecule has 0 saturated heterocycles. The first-order chi connectivity index (χ1) is 8.15. The summed E-state index contributed by atoms with van der Waals surface area (Å²) in [6.45, 7) is 7.27. The number of hydrogen-bond acceptors (Lipinski definition) is 4. The van der Waals surface area contributed by atoms with Gasteiger partial charge in [-0.05, 0) is 19.1 Å². The monoisotopic (exact) mass is 250 g/mol. The van der Waals surface area contributed by atoms with Gasteiger partial charge in [0.15, 0.2) is 11.7 Å². The van der Waals surface area contributed by atoms with Crippen molar-refractivity contribution in [1.82, 2.24) is 10.3 Å². The molecule has 0 fully saturated rings. The van der Waals surface area contributed by atoms with Gasteiger partial charge in [-0.15, -0.1) is 11.3 Å². The van der Waals surface area contributed by atoms with Crippen molar-refractivity contribution < 1.29 is 4.42 Å². The minimum absolute atomic E-state index is 0.504. The second kappa shape index (κ2) is 5.47. The Morgan fingerprint density at radius 3 is 2.88 bits per heavy atom. The molecular formula is C13H18N2OS. The summed E-state index contributed by atoms with van der Waals surface area (Å²) in [7, 11) is 0. The number of aromatic nitrogens is 1. The topological polar surface area (TPSA) is 38.1 Å². The summed E-state index contributed by atoms with van der Waals surface area (Å²) in [6.07, 6.45) is 2.65. The second-order valence-electron chi connectivity index (χ2n) is 4.39. The molecule has 0 unspecified atom stereocenters. The van der Waals surface area contributed by atoms with Gasteiger partial charge in [0.25, 0.3) is 0 Å². The number of thiophene rings is 1. The fourth-order valence-electron chi connectivity index (χ4n) is 1.57. The Morgan fingerprint density at radius 1 is 1.41 bits per heavy atom. The normalized spacial score (nSPS) is 11.3. The van der Waals surface area contributed by atoms with Gasteiger partial charge in [-0.25, -0.2) is 4.98 Å². The van der Waals surface area contributed by atoms with E-state index in [1.165, 1.54) is 4.88 Å². The summed E-state index contributed by atoms with van der Waals surface area (Å²) >= 11 is 1.73. The Labute approximate surface area is 106 Å². The van der Waals surface area contributed by atoms with Crippen molar-refractivity contribution in [2.75, 3.05) is 6.54 Å². The molecule has 0 amide bonds. The van der Waals surface area contributed by atoms with Gasteiger partial charge in [0, 0.05) is 23.9 Å². The molecule has 0 aliphatic heterocycles. The van der Waals surface area contributed by atoms with Crippen LogP contribution in [0.15, 0.2) is 22.7 Å². The Kier molecular flexibility index (Phi) is 3.97. The van der Waals surface area contributed by atoms with Crippen molar-refractivity contribution >= 4 is 11.3 Å². The fraction of sp³-hybridized carbons (Fsp3) is 0.462. The Balaban J connectivity index is 1.96. The van der Waals surface area contributed by atoms with E-state index < -0.39 is 0 Å². The molecule has 2 aromatic rings. The molecule has 2 heterocycles. The maximum atomic E-state index is 5.72. The smallest absolute Gasteiger partial charge is 0.196 e. The van der Waals surface area contributed by atoms with Crippen LogP contribution in [-0.2, 0) is 6.42 Å². The number of hydrogen-bond donors (Lipinski definition) is 1. The lowest BCUT2D eigenvalue weighted by Gasteiger charge is -2.05. The first kappa shape index (κ1) is 12.3. The van der Waals surface area contributed by atoms with E-state index in [9.17, 15) is 0 Å². The number of rotatable bonds is 5. The number of oxazole rings is 1. The molecular weight excluding hydrogens is 232 g/mol. The van der Waals surface area contributed by atoms with Crippen LogP contribution < -0.4 is 5.32 Å². The van der Waals surface area contributed by atoms with Gasteiger partial charge in [0.05, 0.1) is 11.1 Å². The summed E-state index contributed by atoms with van der Waals surface area (Å²) in [5.41, 5.74) is 0. The molecule has 17 heavy (non-hydrogen) atoms. The molecule has 2 aromatic heterocycles. The second-order valence-corrected chi connectivity index (χ2v) is 5.68. The minimum Gasteiger partial charge on any atom is -0.440 e. The number of nitrogens with one attached hydrogen (secondary N) is 1. The van der Waals surface area contributed by atoms with Crippen LogP contribution in [0.2, 0.25) is 0 Å². The van der Waals surface area contributed by atoms with E-state index in [0.29, 0.717) is 6.04 Å². The van der Waals surface area contributed by atoms with Crippen LogP contribution in [0, 0.1) is 6.92 Å². The van der Waals surface area contributed by atoms with Crippen molar-refractivity contribution in [3.05, 3.63) is 29.1 Å². The molecule has 0 spiro atoms.